The Morgan fingerprint density at radius 3 is 2.67 bits per heavy atom. The lowest BCUT2D eigenvalue weighted by molar-refractivity contribution is -0.390. The van der Waals surface area contributed by atoms with Crippen LogP contribution < -0.4 is 11.3 Å². The van der Waals surface area contributed by atoms with Crippen LogP contribution in [0.4, 0.5) is 5.82 Å². The van der Waals surface area contributed by atoms with E-state index >= 15 is 0 Å². The molecule has 0 saturated carbocycles. The number of nitrogens with zero attached hydrogens (tertiary/aromatic N) is 3. The molecule has 0 radical (unpaired) electrons. The fourth-order valence-electron chi connectivity index (χ4n) is 2.10. The van der Waals surface area contributed by atoms with E-state index in [0.717, 1.165) is 5.56 Å². The van der Waals surface area contributed by atoms with Crippen molar-refractivity contribution in [2.75, 3.05) is 0 Å². The molecule has 1 amide bonds. The van der Waals surface area contributed by atoms with Crippen molar-refractivity contribution in [1.29, 1.82) is 0 Å². The maximum Gasteiger partial charge on any atom is 0.392 e. The minimum absolute atomic E-state index is 0.168. The van der Waals surface area contributed by atoms with Crippen LogP contribution in [0, 0.1) is 17.0 Å². The molecule has 21 heavy (non-hydrogen) atoms. The second-order valence-corrected chi connectivity index (χ2v) is 4.59. The first-order valence-corrected chi connectivity index (χ1v) is 6.26. The molecule has 1 aromatic heterocycles. The van der Waals surface area contributed by atoms with E-state index in [4.69, 9.17) is 5.84 Å². The van der Waals surface area contributed by atoms with Gasteiger partial charge in [-0.25, -0.2) is 5.84 Å². The molecule has 3 N–H and O–H groups in total. The number of amides is 1. The highest BCUT2D eigenvalue weighted by molar-refractivity contribution is 5.82. The van der Waals surface area contributed by atoms with Gasteiger partial charge >= 0.3 is 5.82 Å². The Bertz CT molecular complexity index is 653. The Morgan fingerprint density at radius 1 is 1.48 bits per heavy atom. The number of hydrazine groups is 1. The van der Waals surface area contributed by atoms with Gasteiger partial charge in [0.2, 0.25) is 5.91 Å². The van der Waals surface area contributed by atoms with Gasteiger partial charge in [0.1, 0.15) is 0 Å². The van der Waals surface area contributed by atoms with Gasteiger partial charge in [-0.1, -0.05) is 30.3 Å². The highest BCUT2D eigenvalue weighted by atomic mass is 16.6. The van der Waals surface area contributed by atoms with Gasteiger partial charge in [0.15, 0.2) is 0 Å². The molecule has 0 aliphatic rings. The summed E-state index contributed by atoms with van der Waals surface area (Å²) in [5.74, 6) is 4.05. The van der Waals surface area contributed by atoms with Gasteiger partial charge < -0.3 is 10.1 Å². The summed E-state index contributed by atoms with van der Waals surface area (Å²) in [6, 6.07) is 9.05. The van der Waals surface area contributed by atoms with Crippen LogP contribution in [0.25, 0.3) is 0 Å². The lowest BCUT2D eigenvalue weighted by atomic mass is 9.98. The first-order valence-electron chi connectivity index (χ1n) is 6.26. The molecule has 0 spiro atoms. The number of aryl methyl sites for hydroxylation is 1. The zero-order valence-corrected chi connectivity index (χ0v) is 11.4. The second kappa shape index (κ2) is 6.14. The molecule has 110 valence electrons. The van der Waals surface area contributed by atoms with Gasteiger partial charge in [0.25, 0.3) is 0 Å². The van der Waals surface area contributed by atoms with Crippen molar-refractivity contribution in [3.63, 3.8) is 0 Å². The van der Waals surface area contributed by atoms with Crippen LogP contribution in [0.2, 0.25) is 0 Å². The van der Waals surface area contributed by atoms with E-state index < -0.39 is 10.8 Å². The number of carbonyl (C=O) groups is 1. The SMILES string of the molecule is Cc1cn(CC(C(=O)NN)c2ccccc2)nc1[N+](=O)[O-]. The number of nitrogens with one attached hydrogen (secondary N) is 1. The molecule has 1 heterocycles. The molecule has 2 rings (SSSR count). The van der Waals surface area contributed by atoms with Gasteiger partial charge in [-0.05, 0) is 17.4 Å². The maximum absolute atomic E-state index is 11.9. The number of hydrogen-bond acceptors (Lipinski definition) is 5. The van der Waals surface area contributed by atoms with Crippen LogP contribution in [-0.2, 0) is 11.3 Å². The molecule has 2 aromatic rings. The van der Waals surface area contributed by atoms with Crippen LogP contribution >= 0.6 is 0 Å². The van der Waals surface area contributed by atoms with Gasteiger partial charge in [0, 0.05) is 0 Å². The second-order valence-electron chi connectivity index (χ2n) is 4.59. The van der Waals surface area contributed by atoms with Crippen molar-refractivity contribution in [2.24, 2.45) is 5.84 Å². The minimum atomic E-state index is -0.574. The van der Waals surface area contributed by atoms with Gasteiger partial charge in [-0.3, -0.25) is 10.2 Å². The van der Waals surface area contributed by atoms with Crippen molar-refractivity contribution < 1.29 is 9.72 Å². The van der Waals surface area contributed by atoms with Crippen molar-refractivity contribution in [3.8, 4) is 0 Å². The fourth-order valence-corrected chi connectivity index (χ4v) is 2.10. The zero-order chi connectivity index (χ0) is 15.4. The maximum atomic E-state index is 11.9. The van der Waals surface area contributed by atoms with Crippen molar-refractivity contribution >= 4 is 11.7 Å². The van der Waals surface area contributed by atoms with E-state index in [1.54, 1.807) is 19.1 Å². The molecule has 1 unspecified atom stereocenters. The normalized spacial score (nSPS) is 11.9. The third-order valence-electron chi connectivity index (χ3n) is 3.12. The summed E-state index contributed by atoms with van der Waals surface area (Å²) in [7, 11) is 0. The van der Waals surface area contributed by atoms with Crippen LogP contribution in [0.3, 0.4) is 0 Å². The third kappa shape index (κ3) is 3.23. The lowest BCUT2D eigenvalue weighted by Gasteiger charge is -2.14. The topological polar surface area (TPSA) is 116 Å². The van der Waals surface area contributed by atoms with Crippen molar-refractivity contribution in [1.82, 2.24) is 15.2 Å². The number of carbonyl (C=O) groups excluding carboxylic acids is 1. The highest BCUT2D eigenvalue weighted by Crippen LogP contribution is 2.20. The number of aromatic nitrogens is 2. The van der Waals surface area contributed by atoms with E-state index in [1.807, 2.05) is 18.2 Å². The quantitative estimate of drug-likeness (QED) is 0.367. The van der Waals surface area contributed by atoms with Crippen LogP contribution in [0.5, 0.6) is 0 Å². The average molecular weight is 289 g/mol. The van der Waals surface area contributed by atoms with Gasteiger partial charge in [0.05, 0.1) is 29.3 Å². The number of nitrogens with two attached hydrogens (primary N) is 1. The predicted octanol–water partition coefficient (Wildman–Crippen LogP) is 0.873. The number of rotatable bonds is 5. The Hall–Kier alpha value is -2.74. The molecule has 8 nitrogen and oxygen atoms in total. The smallest absolute Gasteiger partial charge is 0.358 e. The first-order chi connectivity index (χ1) is 10.0. The number of benzene rings is 1. The molecule has 1 aromatic carbocycles. The largest absolute Gasteiger partial charge is 0.392 e. The summed E-state index contributed by atoms with van der Waals surface area (Å²) < 4.78 is 1.39. The molecule has 0 aliphatic carbocycles. The Morgan fingerprint density at radius 2 is 2.14 bits per heavy atom. The van der Waals surface area contributed by atoms with E-state index in [-0.39, 0.29) is 18.3 Å². The van der Waals surface area contributed by atoms with Crippen molar-refractivity contribution in [3.05, 3.63) is 57.8 Å². The molecule has 0 fully saturated rings. The standard InChI is InChI=1S/C13H15N5O3/c1-9-7-17(16-12(9)18(20)21)8-11(13(19)15-14)10-5-3-2-4-6-10/h2-7,11H,8,14H2,1H3,(H,15,19). The Labute approximate surface area is 120 Å². The predicted molar refractivity (Wildman–Crippen MR) is 75.1 cm³/mol. The summed E-state index contributed by atoms with van der Waals surface area (Å²) >= 11 is 0. The molecular weight excluding hydrogens is 274 g/mol. The van der Waals surface area contributed by atoms with Crippen LogP contribution in [0.15, 0.2) is 36.5 Å². The highest BCUT2D eigenvalue weighted by Gasteiger charge is 2.24. The Kier molecular flexibility index (Phi) is 4.29. The first kappa shape index (κ1) is 14.7. The summed E-state index contributed by atoms with van der Waals surface area (Å²) in [5.41, 5.74) is 3.32. The van der Waals surface area contributed by atoms with Gasteiger partial charge in [-0.2, -0.15) is 4.68 Å². The molecule has 8 heteroatoms. The van der Waals surface area contributed by atoms with Crippen LogP contribution in [-0.4, -0.2) is 20.6 Å². The summed E-state index contributed by atoms with van der Waals surface area (Å²) in [4.78, 5) is 22.2. The summed E-state index contributed by atoms with van der Waals surface area (Å²) in [5, 5.41) is 14.7. The van der Waals surface area contributed by atoms with Gasteiger partial charge in [-0.15, -0.1) is 0 Å². The number of nitro groups is 1. The van der Waals surface area contributed by atoms with E-state index in [1.165, 1.54) is 10.9 Å². The zero-order valence-electron chi connectivity index (χ0n) is 11.4. The van der Waals surface area contributed by atoms with Crippen LogP contribution in [0.1, 0.15) is 17.0 Å². The lowest BCUT2D eigenvalue weighted by Crippen LogP contribution is -2.36. The minimum Gasteiger partial charge on any atom is -0.358 e. The van der Waals surface area contributed by atoms with E-state index in [2.05, 4.69) is 10.5 Å². The third-order valence-corrected chi connectivity index (χ3v) is 3.12. The molecule has 1 atom stereocenters. The van der Waals surface area contributed by atoms with Crippen molar-refractivity contribution in [2.45, 2.75) is 19.4 Å². The number of hydrogen-bond donors (Lipinski definition) is 2. The fraction of sp³-hybridized carbons (Fsp3) is 0.231. The van der Waals surface area contributed by atoms with E-state index in [0.29, 0.717) is 5.56 Å². The molecular formula is C13H15N5O3. The summed E-state index contributed by atoms with van der Waals surface area (Å²) in [6.45, 7) is 1.77. The van der Waals surface area contributed by atoms with E-state index in [9.17, 15) is 14.9 Å². The average Bonchev–Trinajstić information content (AvgIpc) is 2.86. The summed E-state index contributed by atoms with van der Waals surface area (Å²) in [6.07, 6.45) is 1.54. The molecule has 0 bridgehead atoms. The molecule has 0 saturated heterocycles. The molecule has 0 aliphatic heterocycles. The Balaban J connectivity index is 2.30. The monoisotopic (exact) mass is 289 g/mol.